The first-order chi connectivity index (χ1) is 26.2. The summed E-state index contributed by atoms with van der Waals surface area (Å²) in [6, 6.07) is 33.0. The molecule has 0 saturated carbocycles. The molecule has 4 amide bonds. The molecule has 0 aliphatic carbocycles. The van der Waals surface area contributed by atoms with Crippen molar-refractivity contribution in [3.8, 4) is 11.8 Å². The van der Waals surface area contributed by atoms with Gasteiger partial charge in [-0.3, -0.25) is 19.2 Å². The van der Waals surface area contributed by atoms with Crippen LogP contribution in [0.3, 0.4) is 0 Å². The van der Waals surface area contributed by atoms with Crippen molar-refractivity contribution in [2.45, 2.75) is 37.8 Å². The van der Waals surface area contributed by atoms with Gasteiger partial charge >= 0.3 is 0 Å². The third-order valence-corrected chi connectivity index (χ3v) is 10.6. The Balaban J connectivity index is 0.862. The van der Waals surface area contributed by atoms with Crippen LogP contribution in [0.1, 0.15) is 57.8 Å². The lowest BCUT2D eigenvalue weighted by Gasteiger charge is -2.24. The molecule has 2 aliphatic heterocycles. The van der Waals surface area contributed by atoms with Gasteiger partial charge in [-0.05, 0) is 98.5 Å². The number of fused-ring (bicyclic) bond motifs is 2. The zero-order valence-electron chi connectivity index (χ0n) is 30.2. The minimum absolute atomic E-state index is 0.142. The van der Waals surface area contributed by atoms with Crippen molar-refractivity contribution in [3.05, 3.63) is 132 Å². The molecule has 2 aliphatic rings. The van der Waals surface area contributed by atoms with E-state index in [1.807, 2.05) is 132 Å². The molecule has 0 bridgehead atoms. The number of carbonyl (C=O) groups excluding carboxylic acids is 4. The van der Waals surface area contributed by atoms with Crippen molar-refractivity contribution in [1.82, 2.24) is 18.9 Å². The third kappa shape index (κ3) is 6.61. The van der Waals surface area contributed by atoms with E-state index in [4.69, 9.17) is 0 Å². The number of likely N-dealkylation sites (tertiary alicyclic amines) is 2. The molecule has 2 saturated heterocycles. The van der Waals surface area contributed by atoms with Crippen LogP contribution in [0.5, 0.6) is 0 Å². The number of benzene rings is 4. The van der Waals surface area contributed by atoms with E-state index in [9.17, 15) is 19.2 Å². The zero-order chi connectivity index (χ0) is 37.3. The van der Waals surface area contributed by atoms with Crippen LogP contribution in [-0.4, -0.2) is 67.7 Å². The Bertz CT molecular complexity index is 2310. The highest BCUT2D eigenvalue weighted by atomic mass is 16.2. The number of amides is 4. The fourth-order valence-corrected chi connectivity index (χ4v) is 7.72. The quantitative estimate of drug-likeness (QED) is 0.191. The van der Waals surface area contributed by atoms with Gasteiger partial charge in [-0.25, -0.2) is 0 Å². The van der Waals surface area contributed by atoms with Gasteiger partial charge in [0.25, 0.3) is 11.8 Å². The Morgan fingerprint density at radius 1 is 0.556 bits per heavy atom. The summed E-state index contributed by atoms with van der Waals surface area (Å²) in [7, 11) is 3.76. The number of anilines is 2. The van der Waals surface area contributed by atoms with Crippen LogP contribution in [0.25, 0.3) is 21.8 Å². The second-order valence-corrected chi connectivity index (χ2v) is 14.0. The van der Waals surface area contributed by atoms with Crippen LogP contribution >= 0.6 is 0 Å². The molecule has 2 fully saturated rings. The maximum atomic E-state index is 13.5. The average Bonchev–Trinajstić information content (AvgIpc) is 4.01. The van der Waals surface area contributed by atoms with Crippen molar-refractivity contribution in [2.75, 3.05) is 23.7 Å². The van der Waals surface area contributed by atoms with Crippen LogP contribution in [0, 0.1) is 11.8 Å². The minimum Gasteiger partial charge on any atom is -0.340 e. The number of hydrogen-bond donors (Lipinski definition) is 2. The van der Waals surface area contributed by atoms with Crippen molar-refractivity contribution in [2.24, 2.45) is 14.1 Å². The first-order valence-corrected chi connectivity index (χ1v) is 18.3. The molecule has 10 nitrogen and oxygen atoms in total. The average molecular weight is 717 g/mol. The maximum Gasteiger partial charge on any atom is 0.271 e. The molecule has 0 radical (unpaired) electrons. The van der Waals surface area contributed by atoms with Crippen LogP contribution in [0.4, 0.5) is 11.4 Å². The highest BCUT2D eigenvalue weighted by Gasteiger charge is 2.37. The fraction of sp³-hybridized carbons (Fsp3) is 0.227. The van der Waals surface area contributed by atoms with Gasteiger partial charge in [0.15, 0.2) is 0 Å². The first kappa shape index (κ1) is 34.5. The third-order valence-electron chi connectivity index (χ3n) is 10.6. The summed E-state index contributed by atoms with van der Waals surface area (Å²) in [5.74, 6) is 5.61. The second kappa shape index (κ2) is 14.4. The molecule has 6 aromatic rings. The number of hydrogen-bond acceptors (Lipinski definition) is 4. The molecule has 2 aromatic heterocycles. The number of aryl methyl sites for hydroxylation is 2. The molecule has 10 heteroatoms. The summed E-state index contributed by atoms with van der Waals surface area (Å²) < 4.78 is 3.78. The van der Waals surface area contributed by atoms with Gasteiger partial charge in [-0.2, -0.15) is 0 Å². The van der Waals surface area contributed by atoms with Gasteiger partial charge in [0.2, 0.25) is 11.8 Å². The summed E-state index contributed by atoms with van der Waals surface area (Å²) in [6.07, 6.45) is 2.75. The summed E-state index contributed by atoms with van der Waals surface area (Å²) in [4.78, 5) is 57.1. The zero-order valence-corrected chi connectivity index (χ0v) is 30.2. The predicted molar refractivity (Wildman–Crippen MR) is 210 cm³/mol. The highest BCUT2D eigenvalue weighted by Crippen LogP contribution is 2.27. The summed E-state index contributed by atoms with van der Waals surface area (Å²) in [6.45, 7) is 1.07. The Kier molecular flexibility index (Phi) is 9.22. The number of nitrogens with one attached hydrogen (secondary N) is 2. The number of para-hydroxylation sites is 2. The van der Waals surface area contributed by atoms with E-state index in [1.165, 1.54) is 0 Å². The molecule has 4 heterocycles. The monoisotopic (exact) mass is 716 g/mol. The molecule has 8 rings (SSSR count). The Labute approximate surface area is 313 Å². The topological polar surface area (TPSA) is 109 Å². The molecule has 54 heavy (non-hydrogen) atoms. The van der Waals surface area contributed by atoms with Crippen LogP contribution in [0.2, 0.25) is 0 Å². The summed E-state index contributed by atoms with van der Waals surface area (Å²) in [5.41, 5.74) is 5.91. The van der Waals surface area contributed by atoms with Crippen molar-refractivity contribution in [3.63, 3.8) is 0 Å². The summed E-state index contributed by atoms with van der Waals surface area (Å²) >= 11 is 0. The Hall–Kier alpha value is -6.60. The van der Waals surface area contributed by atoms with Gasteiger partial charge in [0, 0.05) is 71.5 Å². The molecule has 0 unspecified atom stereocenters. The lowest BCUT2D eigenvalue weighted by Crippen LogP contribution is -2.43. The molecule has 2 N–H and O–H groups in total. The number of aromatic nitrogens is 2. The second-order valence-electron chi connectivity index (χ2n) is 14.0. The van der Waals surface area contributed by atoms with Gasteiger partial charge in [-0.15, -0.1) is 0 Å². The van der Waals surface area contributed by atoms with Crippen molar-refractivity contribution >= 4 is 56.8 Å². The fourth-order valence-electron chi connectivity index (χ4n) is 7.72. The van der Waals surface area contributed by atoms with Crippen LogP contribution < -0.4 is 10.6 Å². The minimum atomic E-state index is -0.544. The first-order valence-electron chi connectivity index (χ1n) is 18.3. The normalized spacial score (nSPS) is 16.7. The molecular weight excluding hydrogens is 677 g/mol. The van der Waals surface area contributed by atoms with Gasteiger partial charge in [0.1, 0.15) is 23.5 Å². The largest absolute Gasteiger partial charge is 0.340 e. The van der Waals surface area contributed by atoms with Crippen LogP contribution in [0.15, 0.2) is 109 Å². The van der Waals surface area contributed by atoms with Crippen molar-refractivity contribution in [1.29, 1.82) is 0 Å². The van der Waals surface area contributed by atoms with E-state index >= 15 is 0 Å². The van der Waals surface area contributed by atoms with Crippen LogP contribution in [-0.2, 0) is 23.7 Å². The Morgan fingerprint density at radius 3 is 1.33 bits per heavy atom. The standard InChI is InChI=1S/C44H40N6O4/c1-47-35-11-5-3-9-31(35)27-39(47)43(53)49-25-7-13-37(49)41(51)45-33-21-17-29(18-22-33)15-16-30-19-23-34(24-20-30)46-42(52)38-14-8-26-50(38)44(54)40-28-32-10-4-6-12-36(32)48(40)2/h3-6,9-12,17-24,27-28,37-38H,7-8,13-14,25-26H2,1-2H3,(H,45,51)(H,46,52)/t37-,38+. The van der Waals surface area contributed by atoms with Crippen molar-refractivity contribution < 1.29 is 19.2 Å². The smallest absolute Gasteiger partial charge is 0.271 e. The SMILES string of the molecule is Cn1c(C(=O)N2CCC[C@@H]2C(=O)Nc2ccc(C#Cc3ccc(NC(=O)[C@@H]4CCCN4C(=O)c4cc5ccccc5n4C)cc3)cc2)cc2ccccc21. The molecule has 2 atom stereocenters. The van der Waals surface area contributed by atoms with E-state index in [2.05, 4.69) is 22.5 Å². The van der Waals surface area contributed by atoms with E-state index < -0.39 is 12.1 Å². The predicted octanol–water partition coefficient (Wildman–Crippen LogP) is 6.56. The van der Waals surface area contributed by atoms with E-state index in [1.54, 1.807) is 9.80 Å². The molecule has 0 spiro atoms. The molecular formula is C44H40N6O4. The lowest BCUT2D eigenvalue weighted by atomic mass is 10.1. The van der Waals surface area contributed by atoms with E-state index in [0.29, 0.717) is 48.7 Å². The van der Waals surface area contributed by atoms with E-state index in [0.717, 1.165) is 45.8 Å². The maximum absolute atomic E-state index is 13.5. The van der Waals surface area contributed by atoms with Gasteiger partial charge in [0.05, 0.1) is 0 Å². The van der Waals surface area contributed by atoms with Gasteiger partial charge in [-0.1, -0.05) is 48.2 Å². The molecule has 4 aromatic carbocycles. The number of nitrogens with zero attached hydrogens (tertiary/aromatic N) is 4. The highest BCUT2D eigenvalue weighted by molar-refractivity contribution is 6.04. The number of carbonyl (C=O) groups is 4. The molecule has 270 valence electrons. The van der Waals surface area contributed by atoms with Gasteiger partial charge < -0.3 is 29.6 Å². The summed E-state index contributed by atoms with van der Waals surface area (Å²) in [5, 5.41) is 7.95. The number of rotatable bonds is 6. The lowest BCUT2D eigenvalue weighted by molar-refractivity contribution is -0.120. The van der Waals surface area contributed by atoms with E-state index in [-0.39, 0.29) is 23.6 Å². The Morgan fingerprint density at radius 2 is 0.944 bits per heavy atom.